The number of nitrogens with one attached hydrogen (secondary N) is 1. The number of rotatable bonds is 4. The van der Waals surface area contributed by atoms with Crippen LogP contribution in [0.25, 0.3) is 0 Å². The van der Waals surface area contributed by atoms with Crippen molar-refractivity contribution in [1.29, 1.82) is 0 Å². The molecule has 1 fully saturated rings. The summed E-state index contributed by atoms with van der Waals surface area (Å²) in [5.74, 6) is 0. The van der Waals surface area contributed by atoms with Crippen molar-refractivity contribution in [3.63, 3.8) is 0 Å². The molecule has 1 rings (SSSR count). The molecule has 1 aliphatic carbocycles. The molecule has 2 unspecified atom stereocenters. The van der Waals surface area contributed by atoms with E-state index in [0.717, 1.165) is 6.42 Å². The maximum Gasteiger partial charge on any atom is 0.250 e. The van der Waals surface area contributed by atoms with E-state index in [2.05, 4.69) is 5.32 Å². The smallest absolute Gasteiger partial charge is 0.250 e. The predicted molar refractivity (Wildman–Crippen MR) is 50.3 cm³/mol. The highest BCUT2D eigenvalue weighted by atomic mass is 32.2. The fraction of sp³-hybridized carbons (Fsp3) is 1.00. The quantitative estimate of drug-likeness (QED) is 0.773. The van der Waals surface area contributed by atoms with Gasteiger partial charge in [-0.2, -0.15) is 0 Å². The van der Waals surface area contributed by atoms with Crippen LogP contribution in [0.2, 0.25) is 0 Å². The van der Waals surface area contributed by atoms with Gasteiger partial charge < -0.3 is 5.32 Å². The summed E-state index contributed by atoms with van der Waals surface area (Å²) >= 11 is 0. The van der Waals surface area contributed by atoms with Crippen LogP contribution >= 0.6 is 0 Å². The van der Waals surface area contributed by atoms with Gasteiger partial charge in [0.2, 0.25) is 0 Å². The molecule has 0 bridgehead atoms. The van der Waals surface area contributed by atoms with Crippen molar-refractivity contribution in [3.8, 4) is 0 Å². The molecule has 0 heterocycles. The second-order valence-electron chi connectivity index (χ2n) is 3.70. The van der Waals surface area contributed by atoms with Gasteiger partial charge in [-0.1, -0.05) is 6.42 Å². The summed E-state index contributed by atoms with van der Waals surface area (Å²) in [6, 6.07) is -0.293. The van der Waals surface area contributed by atoms with E-state index in [-0.39, 0.29) is 6.04 Å². The molecule has 0 aromatic rings. The van der Waals surface area contributed by atoms with Gasteiger partial charge in [-0.3, -0.25) is 0 Å². The van der Waals surface area contributed by atoms with Crippen LogP contribution in [-0.2, 0) is 9.84 Å². The van der Waals surface area contributed by atoms with E-state index in [4.69, 9.17) is 0 Å². The second-order valence-corrected chi connectivity index (χ2v) is 5.97. The third-order valence-electron chi connectivity index (χ3n) is 2.54. The molecule has 0 radical (unpaired) electrons. The van der Waals surface area contributed by atoms with Crippen LogP contribution in [-0.4, -0.2) is 38.9 Å². The Bertz CT molecular complexity index is 279. The van der Waals surface area contributed by atoms with Crippen molar-refractivity contribution in [2.75, 3.05) is 12.8 Å². The minimum atomic E-state index is -3.11. The lowest BCUT2D eigenvalue weighted by atomic mass is 10.2. The molecule has 0 aromatic carbocycles. The number of hydrogen-bond acceptors (Lipinski definition) is 3. The van der Waals surface area contributed by atoms with Gasteiger partial charge in [0.1, 0.15) is 0 Å². The van der Waals surface area contributed by atoms with E-state index in [9.17, 15) is 17.2 Å². The van der Waals surface area contributed by atoms with Gasteiger partial charge in [0.15, 0.2) is 9.84 Å². The van der Waals surface area contributed by atoms with Crippen LogP contribution in [0.1, 0.15) is 19.3 Å². The van der Waals surface area contributed by atoms with Crippen molar-refractivity contribution in [3.05, 3.63) is 0 Å². The lowest BCUT2D eigenvalue weighted by Gasteiger charge is -2.19. The first-order chi connectivity index (χ1) is 6.41. The van der Waals surface area contributed by atoms with Gasteiger partial charge >= 0.3 is 0 Å². The summed E-state index contributed by atoms with van der Waals surface area (Å²) in [5.41, 5.74) is 0. The molecule has 0 aromatic heterocycles. The number of halogens is 2. The lowest BCUT2D eigenvalue weighted by molar-refractivity contribution is 0.141. The summed E-state index contributed by atoms with van der Waals surface area (Å²) in [5, 5.41) is 2.12. The van der Waals surface area contributed by atoms with Crippen LogP contribution in [0.15, 0.2) is 0 Å². The predicted octanol–water partition coefficient (Wildman–Crippen LogP) is 0.807. The summed E-state index contributed by atoms with van der Waals surface area (Å²) in [6.45, 7) is -0.420. The van der Waals surface area contributed by atoms with E-state index in [1.807, 2.05) is 0 Å². The molecular weight excluding hydrogens is 212 g/mol. The summed E-state index contributed by atoms with van der Waals surface area (Å²) in [7, 11) is -3.11. The summed E-state index contributed by atoms with van der Waals surface area (Å²) in [6.07, 6.45) is 0.791. The lowest BCUT2D eigenvalue weighted by Crippen LogP contribution is -2.41. The van der Waals surface area contributed by atoms with Crippen molar-refractivity contribution in [2.24, 2.45) is 0 Å². The van der Waals surface area contributed by atoms with Gasteiger partial charge in [-0.25, -0.2) is 17.2 Å². The number of hydrogen-bond donors (Lipinski definition) is 1. The van der Waals surface area contributed by atoms with Crippen LogP contribution in [0.3, 0.4) is 0 Å². The minimum Gasteiger partial charge on any atom is -0.307 e. The molecule has 2 atom stereocenters. The molecule has 84 valence electrons. The third kappa shape index (κ3) is 3.16. The maximum atomic E-state index is 11.9. The Hall–Kier alpha value is -0.230. The zero-order valence-corrected chi connectivity index (χ0v) is 8.86. The van der Waals surface area contributed by atoms with Crippen LogP contribution in [0.5, 0.6) is 0 Å². The molecule has 6 heteroatoms. The van der Waals surface area contributed by atoms with E-state index < -0.39 is 28.1 Å². The highest BCUT2D eigenvalue weighted by molar-refractivity contribution is 7.91. The fourth-order valence-corrected chi connectivity index (χ4v) is 3.34. The average molecular weight is 227 g/mol. The molecule has 0 amide bonds. The second kappa shape index (κ2) is 4.53. The minimum absolute atomic E-state index is 0.293. The van der Waals surface area contributed by atoms with Crippen molar-refractivity contribution in [1.82, 2.24) is 5.32 Å². The zero-order valence-electron chi connectivity index (χ0n) is 8.04. The normalized spacial score (nSPS) is 28.6. The molecular formula is C8H15F2NO2S. The molecule has 0 saturated heterocycles. The Morgan fingerprint density at radius 1 is 1.43 bits per heavy atom. The van der Waals surface area contributed by atoms with Crippen LogP contribution < -0.4 is 5.32 Å². The average Bonchev–Trinajstić information content (AvgIpc) is 2.46. The zero-order chi connectivity index (χ0) is 10.8. The first kappa shape index (κ1) is 11.8. The van der Waals surface area contributed by atoms with Crippen molar-refractivity contribution in [2.45, 2.75) is 37.0 Å². The molecule has 3 nitrogen and oxygen atoms in total. The number of alkyl halides is 2. The Morgan fingerprint density at radius 2 is 2.07 bits per heavy atom. The molecule has 0 aliphatic heterocycles. The van der Waals surface area contributed by atoms with E-state index >= 15 is 0 Å². The van der Waals surface area contributed by atoms with Crippen molar-refractivity contribution < 1.29 is 17.2 Å². The third-order valence-corrected chi connectivity index (χ3v) is 4.20. The molecule has 1 aliphatic rings. The van der Waals surface area contributed by atoms with Gasteiger partial charge in [-0.05, 0) is 12.8 Å². The fourth-order valence-electron chi connectivity index (χ4n) is 1.91. The summed E-state index contributed by atoms with van der Waals surface area (Å²) in [4.78, 5) is 0. The Morgan fingerprint density at radius 3 is 2.57 bits per heavy atom. The largest absolute Gasteiger partial charge is 0.307 e. The highest BCUT2D eigenvalue weighted by Crippen LogP contribution is 2.24. The van der Waals surface area contributed by atoms with Crippen molar-refractivity contribution >= 4 is 9.84 Å². The number of sulfone groups is 1. The van der Waals surface area contributed by atoms with Gasteiger partial charge in [0, 0.05) is 12.3 Å². The SMILES string of the molecule is CS(=O)(=O)C1CCCC1NCC(F)F. The topological polar surface area (TPSA) is 46.2 Å². The molecule has 0 spiro atoms. The van der Waals surface area contributed by atoms with Crippen LogP contribution in [0, 0.1) is 0 Å². The molecule has 1 saturated carbocycles. The standard InChI is InChI=1S/C8H15F2NO2S/c1-14(12,13)7-4-2-3-6(7)11-5-8(9)10/h6-8,11H,2-5H2,1H3. The van der Waals surface area contributed by atoms with E-state index in [1.54, 1.807) is 0 Å². The monoisotopic (exact) mass is 227 g/mol. The van der Waals surface area contributed by atoms with E-state index in [0.29, 0.717) is 12.8 Å². The summed E-state index contributed by atoms with van der Waals surface area (Å²) < 4.78 is 46.3. The first-order valence-corrected chi connectivity index (χ1v) is 6.57. The highest BCUT2D eigenvalue weighted by Gasteiger charge is 2.34. The Kier molecular flexibility index (Phi) is 3.83. The Balaban J connectivity index is 2.52. The molecule has 14 heavy (non-hydrogen) atoms. The molecule has 1 N–H and O–H groups in total. The van der Waals surface area contributed by atoms with Gasteiger partial charge in [-0.15, -0.1) is 0 Å². The van der Waals surface area contributed by atoms with Gasteiger partial charge in [0.25, 0.3) is 6.43 Å². The van der Waals surface area contributed by atoms with E-state index in [1.165, 1.54) is 6.26 Å². The first-order valence-electron chi connectivity index (χ1n) is 4.61. The maximum absolute atomic E-state index is 11.9. The van der Waals surface area contributed by atoms with Crippen LogP contribution in [0.4, 0.5) is 8.78 Å². The Labute approximate surface area is 82.8 Å². The van der Waals surface area contributed by atoms with Gasteiger partial charge in [0.05, 0.1) is 11.8 Å².